The largest absolute Gasteiger partial charge is 0.505 e. The minimum atomic E-state index is -1.08. The quantitative estimate of drug-likeness (QED) is 0.279. The number of benzene rings is 3. The van der Waals surface area contributed by atoms with Gasteiger partial charge in [-0.15, -0.1) is 4.90 Å². The van der Waals surface area contributed by atoms with Gasteiger partial charge in [-0.1, -0.05) is 54.1 Å². The molecule has 0 saturated carbocycles. The average molecular weight is 568 g/mol. The zero-order valence-electron chi connectivity index (χ0n) is 22.9. The molecule has 9 heteroatoms. The lowest BCUT2D eigenvalue weighted by molar-refractivity contribution is -0.393. The minimum absolute atomic E-state index is 0.229. The SMILES string of the molecule is Cc1c(-c2c(Cl)cc(C(N)=O)c3[nH]c4cc(C(C)(C)O)ccc4c23)cccc1N1C(=O)C2C=CC=CC2=[N+](C)C1=O. The normalized spacial score (nSPS) is 17.2. The maximum absolute atomic E-state index is 13.6. The van der Waals surface area contributed by atoms with E-state index in [2.05, 4.69) is 4.98 Å². The van der Waals surface area contributed by atoms with Crippen LogP contribution < -0.4 is 10.6 Å². The number of aromatic nitrogens is 1. The molecule has 2 heterocycles. The molecule has 1 atom stereocenters. The first-order valence-corrected chi connectivity index (χ1v) is 13.5. The molecule has 8 nitrogen and oxygen atoms in total. The van der Waals surface area contributed by atoms with E-state index in [0.717, 1.165) is 5.39 Å². The maximum Gasteiger partial charge on any atom is 0.505 e. The summed E-state index contributed by atoms with van der Waals surface area (Å²) in [6, 6.07) is 12.0. The zero-order chi connectivity index (χ0) is 29.4. The molecule has 4 N–H and O–H groups in total. The molecule has 0 spiro atoms. The number of carbonyl (C=O) groups is 3. The van der Waals surface area contributed by atoms with Crippen molar-refractivity contribution < 1.29 is 24.1 Å². The highest BCUT2D eigenvalue weighted by Crippen LogP contribution is 2.44. The van der Waals surface area contributed by atoms with Gasteiger partial charge in [0.25, 0.3) is 5.91 Å². The molecular formula is C32H28ClN4O4+. The van der Waals surface area contributed by atoms with Crippen molar-refractivity contribution in [1.29, 1.82) is 0 Å². The van der Waals surface area contributed by atoms with Gasteiger partial charge in [0, 0.05) is 32.4 Å². The number of urea groups is 1. The number of anilines is 1. The lowest BCUT2D eigenvalue weighted by Gasteiger charge is -2.26. The number of nitrogens with two attached hydrogens (primary N) is 1. The van der Waals surface area contributed by atoms with Crippen molar-refractivity contribution in [3.05, 3.63) is 88.5 Å². The van der Waals surface area contributed by atoms with Gasteiger partial charge in [-0.2, -0.15) is 9.37 Å². The number of primary amides is 1. The molecule has 0 saturated heterocycles. The molecule has 2 aliphatic rings. The summed E-state index contributed by atoms with van der Waals surface area (Å²) in [6.45, 7) is 5.24. The first kappa shape index (κ1) is 26.7. The predicted molar refractivity (Wildman–Crippen MR) is 161 cm³/mol. The van der Waals surface area contributed by atoms with E-state index in [9.17, 15) is 19.5 Å². The third kappa shape index (κ3) is 4.02. The minimum Gasteiger partial charge on any atom is -0.386 e. The van der Waals surface area contributed by atoms with Gasteiger partial charge in [-0.25, -0.2) is 4.79 Å². The Kier molecular flexibility index (Phi) is 6.02. The van der Waals surface area contributed by atoms with Crippen LogP contribution in [0.15, 0.2) is 66.8 Å². The number of H-pyrrole nitrogens is 1. The Morgan fingerprint density at radius 2 is 1.90 bits per heavy atom. The number of allylic oxidation sites excluding steroid dienone is 3. The number of nitrogens with zero attached hydrogens (tertiary/aromatic N) is 2. The Balaban J connectivity index is 1.61. The van der Waals surface area contributed by atoms with Crippen molar-refractivity contribution in [1.82, 2.24) is 4.98 Å². The average Bonchev–Trinajstić information content (AvgIpc) is 3.31. The third-order valence-electron chi connectivity index (χ3n) is 7.97. The summed E-state index contributed by atoms with van der Waals surface area (Å²) in [5.41, 5.74) is 9.86. The Hall–Kier alpha value is -4.53. The van der Waals surface area contributed by atoms with Crippen molar-refractivity contribution in [2.24, 2.45) is 11.7 Å². The predicted octanol–water partition coefficient (Wildman–Crippen LogP) is 5.57. The Morgan fingerprint density at radius 1 is 1.15 bits per heavy atom. The van der Waals surface area contributed by atoms with Crippen molar-refractivity contribution in [3.63, 3.8) is 0 Å². The van der Waals surface area contributed by atoms with Crippen LogP contribution in [0.3, 0.4) is 0 Å². The Labute approximate surface area is 241 Å². The molecule has 0 bridgehead atoms. The van der Waals surface area contributed by atoms with Crippen LogP contribution in [0.25, 0.3) is 32.9 Å². The number of rotatable bonds is 4. The second-order valence-corrected chi connectivity index (χ2v) is 11.4. The van der Waals surface area contributed by atoms with Gasteiger partial charge in [-0.3, -0.25) is 4.79 Å². The molecule has 1 aromatic heterocycles. The zero-order valence-corrected chi connectivity index (χ0v) is 23.7. The van der Waals surface area contributed by atoms with Crippen molar-refractivity contribution >= 4 is 62.7 Å². The second kappa shape index (κ2) is 9.26. The van der Waals surface area contributed by atoms with Crippen LogP contribution in [0.2, 0.25) is 5.02 Å². The van der Waals surface area contributed by atoms with Gasteiger partial charge >= 0.3 is 11.9 Å². The van der Waals surface area contributed by atoms with Crippen LogP contribution >= 0.6 is 11.6 Å². The van der Waals surface area contributed by atoms with Crippen molar-refractivity contribution in [2.75, 3.05) is 11.9 Å². The first-order valence-electron chi connectivity index (χ1n) is 13.1. The van der Waals surface area contributed by atoms with E-state index in [1.165, 1.54) is 15.5 Å². The van der Waals surface area contributed by atoms with Crippen LogP contribution in [-0.4, -0.2) is 45.3 Å². The molecule has 4 aromatic rings. The molecular weight excluding hydrogens is 540 g/mol. The van der Waals surface area contributed by atoms with Gasteiger partial charge in [0.05, 0.1) is 23.7 Å². The number of hydrogen-bond donors (Lipinski definition) is 3. The number of aromatic amines is 1. The highest BCUT2D eigenvalue weighted by atomic mass is 35.5. The standard InChI is InChI=1S/C32H27ClN4O4/c1-16-18(9-7-11-24(16)37-30(39)20-8-5-6-10-25(20)36(4)31(37)40)26-22(33)15-21(29(34)38)28-27(26)19-13-12-17(32(2,3)41)14-23(19)35-28/h5-15,20,41H,1-4H3,(H2-,34,35,38)/p+1. The highest BCUT2D eigenvalue weighted by molar-refractivity contribution is 6.37. The summed E-state index contributed by atoms with van der Waals surface area (Å²) in [4.78, 5) is 44.1. The molecule has 0 radical (unpaired) electrons. The summed E-state index contributed by atoms with van der Waals surface area (Å²) in [6.07, 6.45) is 7.16. The van der Waals surface area contributed by atoms with E-state index >= 15 is 0 Å². The maximum atomic E-state index is 13.6. The van der Waals surface area contributed by atoms with E-state index in [1.54, 1.807) is 57.3 Å². The molecule has 6 rings (SSSR count). The number of hydrogen-bond acceptors (Lipinski definition) is 4. The number of fused-ring (bicyclic) bond motifs is 4. The van der Waals surface area contributed by atoms with Gasteiger partial charge in [0.1, 0.15) is 17.3 Å². The summed E-state index contributed by atoms with van der Waals surface area (Å²) in [7, 11) is 1.66. The van der Waals surface area contributed by atoms with E-state index in [0.29, 0.717) is 55.1 Å². The summed E-state index contributed by atoms with van der Waals surface area (Å²) in [5, 5.41) is 12.3. The number of aliphatic hydroxyl groups is 1. The van der Waals surface area contributed by atoms with Gasteiger partial charge in [-0.05, 0) is 56.2 Å². The monoisotopic (exact) mass is 567 g/mol. The summed E-state index contributed by atoms with van der Waals surface area (Å²) < 4.78 is 1.49. The molecule has 1 unspecified atom stereocenters. The second-order valence-electron chi connectivity index (χ2n) is 11.0. The molecule has 1 aliphatic heterocycles. The molecule has 206 valence electrons. The van der Waals surface area contributed by atoms with Crippen LogP contribution in [0.4, 0.5) is 10.5 Å². The fourth-order valence-corrected chi connectivity index (χ4v) is 6.11. The van der Waals surface area contributed by atoms with Crippen LogP contribution in [0.5, 0.6) is 0 Å². The van der Waals surface area contributed by atoms with Crippen molar-refractivity contribution in [3.8, 4) is 11.1 Å². The molecule has 41 heavy (non-hydrogen) atoms. The number of amides is 4. The van der Waals surface area contributed by atoms with Gasteiger partial charge in [0.2, 0.25) is 0 Å². The first-order chi connectivity index (χ1) is 19.4. The fraction of sp³-hybridized carbons (Fsp3) is 0.188. The highest BCUT2D eigenvalue weighted by Gasteiger charge is 2.47. The fourth-order valence-electron chi connectivity index (χ4n) is 5.80. The topological polar surface area (TPSA) is 120 Å². The molecule has 4 amide bonds. The molecule has 1 aliphatic carbocycles. The van der Waals surface area contributed by atoms with Crippen LogP contribution in [0, 0.1) is 12.8 Å². The van der Waals surface area contributed by atoms with E-state index in [-0.39, 0.29) is 11.5 Å². The smallest absolute Gasteiger partial charge is 0.386 e. The van der Waals surface area contributed by atoms with E-state index < -0.39 is 23.5 Å². The van der Waals surface area contributed by atoms with Crippen LogP contribution in [-0.2, 0) is 10.4 Å². The van der Waals surface area contributed by atoms with E-state index in [4.69, 9.17) is 17.3 Å². The lowest BCUT2D eigenvalue weighted by Crippen LogP contribution is -2.53. The lowest BCUT2D eigenvalue weighted by atomic mass is 9.91. The summed E-state index contributed by atoms with van der Waals surface area (Å²) >= 11 is 6.89. The van der Waals surface area contributed by atoms with E-state index in [1.807, 2.05) is 31.2 Å². The Morgan fingerprint density at radius 3 is 2.61 bits per heavy atom. The molecule has 3 aromatic carbocycles. The van der Waals surface area contributed by atoms with Gasteiger partial charge < -0.3 is 15.8 Å². The number of imide groups is 1. The third-order valence-corrected chi connectivity index (χ3v) is 8.27. The van der Waals surface area contributed by atoms with Crippen LogP contribution in [0.1, 0.15) is 35.3 Å². The number of carbonyl (C=O) groups excluding carboxylic acids is 3. The van der Waals surface area contributed by atoms with Gasteiger partial charge in [0.15, 0.2) is 0 Å². The van der Waals surface area contributed by atoms with Crippen molar-refractivity contribution in [2.45, 2.75) is 26.4 Å². The summed E-state index contributed by atoms with van der Waals surface area (Å²) in [5.74, 6) is -1.55. The number of nitrogens with one attached hydrogen (secondary N) is 1. The number of halogens is 1. The Bertz CT molecular complexity index is 1940. The molecule has 0 fully saturated rings.